The molecule has 39 heavy (non-hydrogen) atoms. The monoisotopic (exact) mass is 538 g/mol. The standard InChI is InChI=1S/C30H23ClN4O4/c1-19-27-28(21-10-12-23(13-11-21)35(37)38)26(17-14-24(36)18-20-8-15-25(39-2)16-9-20)29(31)32-30(27)34(33-19)22-6-4-3-5-7-22/h3-17H,18H2,1-2H3/b17-14+. The van der Waals surface area contributed by atoms with Gasteiger partial charge in [-0.15, -0.1) is 0 Å². The lowest BCUT2D eigenvalue weighted by molar-refractivity contribution is -0.384. The van der Waals surface area contributed by atoms with Gasteiger partial charge in [-0.25, -0.2) is 9.67 Å². The van der Waals surface area contributed by atoms with Gasteiger partial charge in [0.1, 0.15) is 10.9 Å². The number of carbonyl (C=O) groups is 1. The third-order valence-corrected chi connectivity index (χ3v) is 6.61. The van der Waals surface area contributed by atoms with E-state index >= 15 is 0 Å². The summed E-state index contributed by atoms with van der Waals surface area (Å²) in [5.41, 5.74) is 4.77. The Morgan fingerprint density at radius 2 is 1.74 bits per heavy atom. The Labute approximate surface area is 229 Å². The van der Waals surface area contributed by atoms with Crippen molar-refractivity contribution in [2.75, 3.05) is 7.11 Å². The number of ketones is 1. The van der Waals surface area contributed by atoms with Crippen molar-refractivity contribution >= 4 is 40.2 Å². The fraction of sp³-hybridized carbons (Fsp3) is 0.100. The molecule has 2 heterocycles. The van der Waals surface area contributed by atoms with E-state index in [1.807, 2.05) is 49.4 Å². The second-order valence-corrected chi connectivity index (χ2v) is 9.21. The number of allylic oxidation sites excluding steroid dienone is 1. The van der Waals surface area contributed by atoms with Gasteiger partial charge in [0.25, 0.3) is 5.69 Å². The number of aryl methyl sites for hydroxylation is 1. The molecule has 9 heteroatoms. The molecule has 0 radical (unpaired) electrons. The quantitative estimate of drug-likeness (QED) is 0.0932. The zero-order chi connectivity index (χ0) is 27.5. The lowest BCUT2D eigenvalue weighted by Crippen LogP contribution is -2.00. The van der Waals surface area contributed by atoms with E-state index in [0.717, 1.165) is 16.6 Å². The van der Waals surface area contributed by atoms with E-state index in [-0.39, 0.29) is 23.0 Å². The Bertz CT molecular complexity index is 1710. The van der Waals surface area contributed by atoms with Crippen LogP contribution in [0.1, 0.15) is 16.8 Å². The van der Waals surface area contributed by atoms with Gasteiger partial charge in [-0.3, -0.25) is 14.9 Å². The Kier molecular flexibility index (Phi) is 7.21. The molecule has 5 rings (SSSR count). The molecule has 0 amide bonds. The van der Waals surface area contributed by atoms with E-state index in [2.05, 4.69) is 4.98 Å². The number of nitrogens with zero attached hydrogens (tertiary/aromatic N) is 4. The number of non-ortho nitro benzene ring substituents is 1. The van der Waals surface area contributed by atoms with Crippen LogP contribution in [0, 0.1) is 17.0 Å². The molecule has 0 N–H and O–H groups in total. The van der Waals surface area contributed by atoms with Crippen LogP contribution in [0.25, 0.3) is 33.9 Å². The summed E-state index contributed by atoms with van der Waals surface area (Å²) < 4.78 is 6.89. The summed E-state index contributed by atoms with van der Waals surface area (Å²) in [6.07, 6.45) is 3.33. The third-order valence-electron chi connectivity index (χ3n) is 6.32. The van der Waals surface area contributed by atoms with E-state index in [1.165, 1.54) is 18.2 Å². The molecule has 0 saturated carbocycles. The first-order chi connectivity index (χ1) is 18.9. The number of methoxy groups -OCH3 is 1. The number of hydrogen-bond donors (Lipinski definition) is 0. The van der Waals surface area contributed by atoms with Gasteiger partial charge in [-0.1, -0.05) is 41.9 Å². The number of ether oxygens (including phenoxy) is 1. The number of nitro benzene ring substituents is 1. The van der Waals surface area contributed by atoms with E-state index in [1.54, 1.807) is 42.1 Å². The molecule has 8 nitrogen and oxygen atoms in total. The average molecular weight is 539 g/mol. The molecule has 0 bridgehead atoms. The van der Waals surface area contributed by atoms with Crippen molar-refractivity contribution in [3.8, 4) is 22.6 Å². The van der Waals surface area contributed by atoms with Crippen molar-refractivity contribution in [2.45, 2.75) is 13.3 Å². The fourth-order valence-electron chi connectivity index (χ4n) is 4.43. The largest absolute Gasteiger partial charge is 0.497 e. The molecule has 3 aromatic carbocycles. The maximum Gasteiger partial charge on any atom is 0.269 e. The molecule has 5 aromatic rings. The molecule has 0 atom stereocenters. The lowest BCUT2D eigenvalue weighted by atomic mass is 9.96. The van der Waals surface area contributed by atoms with Crippen molar-refractivity contribution in [1.82, 2.24) is 14.8 Å². The third kappa shape index (κ3) is 5.28. The first-order valence-electron chi connectivity index (χ1n) is 12.1. The summed E-state index contributed by atoms with van der Waals surface area (Å²) in [7, 11) is 1.59. The maximum absolute atomic E-state index is 12.9. The molecule has 0 saturated heterocycles. The zero-order valence-corrected chi connectivity index (χ0v) is 21.9. The van der Waals surface area contributed by atoms with Gasteiger partial charge >= 0.3 is 0 Å². The number of halogens is 1. The van der Waals surface area contributed by atoms with Crippen molar-refractivity contribution in [1.29, 1.82) is 0 Å². The number of nitro groups is 1. The molecule has 0 spiro atoms. The molecule has 0 fully saturated rings. The molecule has 0 aliphatic carbocycles. The SMILES string of the molecule is COc1ccc(CC(=O)/C=C/c2c(Cl)nc3c(c(C)nn3-c3ccccc3)c2-c2ccc([N+](=O)[O-])cc2)cc1. The number of pyridine rings is 1. The van der Waals surface area contributed by atoms with Crippen LogP contribution < -0.4 is 4.74 Å². The average Bonchev–Trinajstić information content (AvgIpc) is 3.28. The lowest BCUT2D eigenvalue weighted by Gasteiger charge is -2.12. The number of para-hydroxylation sites is 1. The minimum Gasteiger partial charge on any atom is -0.497 e. The molecular weight excluding hydrogens is 516 g/mol. The summed E-state index contributed by atoms with van der Waals surface area (Å²) in [6, 6.07) is 23.1. The molecular formula is C30H23ClN4O4. The Morgan fingerprint density at radius 3 is 2.38 bits per heavy atom. The number of rotatable bonds is 8. The van der Waals surface area contributed by atoms with Gasteiger partial charge in [0, 0.05) is 29.7 Å². The van der Waals surface area contributed by atoms with Crippen LogP contribution in [0.4, 0.5) is 5.69 Å². The number of fused-ring (bicyclic) bond motifs is 1. The minimum absolute atomic E-state index is 0.0291. The first-order valence-corrected chi connectivity index (χ1v) is 12.5. The number of aromatic nitrogens is 3. The molecule has 2 aromatic heterocycles. The van der Waals surface area contributed by atoms with Gasteiger partial charge < -0.3 is 4.74 Å². The van der Waals surface area contributed by atoms with Gasteiger partial charge in [-0.05, 0) is 66.6 Å². The van der Waals surface area contributed by atoms with Crippen LogP contribution in [-0.4, -0.2) is 32.6 Å². The predicted molar refractivity (Wildman–Crippen MR) is 151 cm³/mol. The topological polar surface area (TPSA) is 100 Å². The maximum atomic E-state index is 12.9. The summed E-state index contributed by atoms with van der Waals surface area (Å²) in [5, 5.41) is 16.9. The van der Waals surface area contributed by atoms with Gasteiger partial charge in [0.2, 0.25) is 0 Å². The van der Waals surface area contributed by atoms with Gasteiger partial charge in [0.15, 0.2) is 11.4 Å². The zero-order valence-electron chi connectivity index (χ0n) is 21.2. The molecule has 194 valence electrons. The van der Waals surface area contributed by atoms with Crippen molar-refractivity contribution in [2.24, 2.45) is 0 Å². The Hall–Kier alpha value is -4.82. The Morgan fingerprint density at radius 1 is 1.05 bits per heavy atom. The van der Waals surface area contributed by atoms with Crippen LogP contribution in [0.15, 0.2) is 84.9 Å². The van der Waals surface area contributed by atoms with Crippen LogP contribution in [-0.2, 0) is 11.2 Å². The second-order valence-electron chi connectivity index (χ2n) is 8.85. The van der Waals surface area contributed by atoms with E-state index < -0.39 is 4.92 Å². The van der Waals surface area contributed by atoms with Crippen molar-refractivity contribution in [3.05, 3.63) is 117 Å². The number of carbonyl (C=O) groups excluding carboxylic acids is 1. The highest BCUT2D eigenvalue weighted by Gasteiger charge is 2.21. The second kappa shape index (κ2) is 10.9. The van der Waals surface area contributed by atoms with Crippen LogP contribution in [0.3, 0.4) is 0 Å². The van der Waals surface area contributed by atoms with Crippen molar-refractivity contribution in [3.63, 3.8) is 0 Å². The molecule has 0 aliphatic heterocycles. The summed E-state index contributed by atoms with van der Waals surface area (Å²) >= 11 is 6.75. The van der Waals surface area contributed by atoms with E-state index in [4.69, 9.17) is 21.4 Å². The predicted octanol–water partition coefficient (Wildman–Crippen LogP) is 6.79. The van der Waals surface area contributed by atoms with E-state index in [9.17, 15) is 14.9 Å². The minimum atomic E-state index is -0.448. The number of hydrogen-bond acceptors (Lipinski definition) is 6. The number of benzene rings is 3. The van der Waals surface area contributed by atoms with Crippen LogP contribution >= 0.6 is 11.6 Å². The molecule has 0 aliphatic rings. The highest BCUT2D eigenvalue weighted by Crippen LogP contribution is 2.38. The summed E-state index contributed by atoms with van der Waals surface area (Å²) in [4.78, 5) is 28.3. The normalized spacial score (nSPS) is 11.3. The highest BCUT2D eigenvalue weighted by molar-refractivity contribution is 6.32. The van der Waals surface area contributed by atoms with Gasteiger partial charge in [-0.2, -0.15) is 5.10 Å². The van der Waals surface area contributed by atoms with Gasteiger partial charge in [0.05, 0.1) is 28.8 Å². The van der Waals surface area contributed by atoms with Crippen LogP contribution in [0.5, 0.6) is 5.75 Å². The fourth-order valence-corrected chi connectivity index (χ4v) is 4.67. The van der Waals surface area contributed by atoms with Crippen LogP contribution in [0.2, 0.25) is 5.15 Å². The summed E-state index contributed by atoms with van der Waals surface area (Å²) in [6.45, 7) is 1.87. The summed E-state index contributed by atoms with van der Waals surface area (Å²) in [5.74, 6) is 0.592. The smallest absolute Gasteiger partial charge is 0.269 e. The van der Waals surface area contributed by atoms with Crippen molar-refractivity contribution < 1.29 is 14.5 Å². The highest BCUT2D eigenvalue weighted by atomic mass is 35.5. The molecule has 0 unspecified atom stereocenters. The Balaban J connectivity index is 1.63. The first kappa shape index (κ1) is 25.8. The van der Waals surface area contributed by atoms with E-state index in [0.29, 0.717) is 33.8 Å².